The molecule has 0 amide bonds. The smallest absolute Gasteiger partial charge is 0.416 e. The van der Waals surface area contributed by atoms with Crippen molar-refractivity contribution in [3.8, 4) is 5.75 Å². The highest BCUT2D eigenvalue weighted by Gasteiger charge is 2.37. The number of rotatable bonds is 3. The van der Waals surface area contributed by atoms with Crippen LogP contribution in [0.3, 0.4) is 0 Å². The van der Waals surface area contributed by atoms with E-state index >= 15 is 0 Å². The third-order valence-corrected chi connectivity index (χ3v) is 6.44. The number of ketones is 1. The summed E-state index contributed by atoms with van der Waals surface area (Å²) in [7, 11) is 1.60. The normalized spacial score (nSPS) is 19.9. The van der Waals surface area contributed by atoms with Crippen LogP contribution >= 0.6 is 0 Å². The van der Waals surface area contributed by atoms with Gasteiger partial charge in [-0.2, -0.15) is 13.2 Å². The summed E-state index contributed by atoms with van der Waals surface area (Å²) in [4.78, 5) is 13.5. The summed E-state index contributed by atoms with van der Waals surface area (Å²) in [5, 5.41) is 6.74. The monoisotopic (exact) mass is 464 g/mol. The van der Waals surface area contributed by atoms with Crippen molar-refractivity contribution >= 4 is 17.2 Å². The van der Waals surface area contributed by atoms with Crippen LogP contribution in [0.1, 0.15) is 41.5 Å². The largest absolute Gasteiger partial charge is 0.497 e. The molecule has 3 aromatic carbocycles. The molecule has 0 spiro atoms. The zero-order valence-electron chi connectivity index (χ0n) is 18.4. The number of carbonyl (C=O) groups is 1. The van der Waals surface area contributed by atoms with E-state index in [1.807, 2.05) is 48.5 Å². The first-order valence-corrected chi connectivity index (χ1v) is 11.0. The predicted octanol–water partition coefficient (Wildman–Crippen LogP) is 6.69. The Morgan fingerprint density at radius 3 is 2.32 bits per heavy atom. The molecule has 0 fully saturated rings. The predicted molar refractivity (Wildman–Crippen MR) is 125 cm³/mol. The minimum atomic E-state index is -4.47. The zero-order valence-corrected chi connectivity index (χ0v) is 18.4. The molecule has 7 heteroatoms. The molecule has 3 aromatic rings. The Morgan fingerprint density at radius 2 is 1.62 bits per heavy atom. The van der Waals surface area contributed by atoms with Gasteiger partial charge in [0.15, 0.2) is 5.78 Å². The molecule has 1 aliphatic carbocycles. The summed E-state index contributed by atoms with van der Waals surface area (Å²) in [6.07, 6.45) is -3.62. The molecule has 0 radical (unpaired) electrons. The maximum atomic E-state index is 13.5. The Morgan fingerprint density at radius 1 is 0.882 bits per heavy atom. The first kappa shape index (κ1) is 22.1. The van der Waals surface area contributed by atoms with Gasteiger partial charge in [-0.05, 0) is 59.9 Å². The first-order valence-electron chi connectivity index (χ1n) is 11.0. The van der Waals surface area contributed by atoms with Gasteiger partial charge in [0.1, 0.15) is 5.75 Å². The van der Waals surface area contributed by atoms with Crippen LogP contribution in [0.4, 0.5) is 24.5 Å². The van der Waals surface area contributed by atoms with Crippen LogP contribution in [0.25, 0.3) is 0 Å². The summed E-state index contributed by atoms with van der Waals surface area (Å²) in [5.41, 5.74) is 3.41. The third kappa shape index (κ3) is 4.14. The molecule has 2 atom stereocenters. The van der Waals surface area contributed by atoms with E-state index in [-0.39, 0.29) is 18.1 Å². The summed E-state index contributed by atoms with van der Waals surface area (Å²) in [6.45, 7) is 0. The fourth-order valence-corrected chi connectivity index (χ4v) is 4.75. The van der Waals surface area contributed by atoms with Crippen molar-refractivity contribution in [3.63, 3.8) is 0 Å². The topological polar surface area (TPSA) is 50.4 Å². The van der Waals surface area contributed by atoms with Crippen molar-refractivity contribution in [2.75, 3.05) is 17.7 Å². The number of methoxy groups -OCH3 is 1. The number of hydrogen-bond acceptors (Lipinski definition) is 4. The molecule has 0 bridgehead atoms. The standard InChI is InChI=1S/C27H23F3N2O2/c1-34-20-11-9-16(10-12-20)18-14-23-25(24(33)15-18)26(32-22-8-3-2-7-21(22)31-23)17-5-4-6-19(13-17)27(28,29)30/h2-13,18,26,31-32H,14-15H2,1H3. The van der Waals surface area contributed by atoms with Crippen LogP contribution in [-0.4, -0.2) is 12.9 Å². The minimum absolute atomic E-state index is 0.0444. The number of halogens is 3. The molecule has 34 heavy (non-hydrogen) atoms. The van der Waals surface area contributed by atoms with E-state index in [1.54, 1.807) is 13.2 Å². The van der Waals surface area contributed by atoms with Gasteiger partial charge >= 0.3 is 6.18 Å². The van der Waals surface area contributed by atoms with Gasteiger partial charge in [0.2, 0.25) is 0 Å². The summed E-state index contributed by atoms with van der Waals surface area (Å²) in [6, 6.07) is 19.6. The first-order chi connectivity index (χ1) is 16.3. The van der Waals surface area contributed by atoms with Crippen molar-refractivity contribution in [1.29, 1.82) is 0 Å². The fraction of sp³-hybridized carbons (Fsp3) is 0.222. The summed E-state index contributed by atoms with van der Waals surface area (Å²) < 4.78 is 45.5. The lowest BCUT2D eigenvalue weighted by atomic mass is 9.78. The number of anilines is 2. The number of alkyl halides is 3. The van der Waals surface area contributed by atoms with E-state index < -0.39 is 17.8 Å². The number of fused-ring (bicyclic) bond motifs is 1. The van der Waals surface area contributed by atoms with E-state index in [4.69, 9.17) is 4.74 Å². The summed E-state index contributed by atoms with van der Waals surface area (Å²) >= 11 is 0. The molecular formula is C27H23F3N2O2. The third-order valence-electron chi connectivity index (χ3n) is 6.44. The van der Waals surface area contributed by atoms with Gasteiger partial charge in [-0.15, -0.1) is 0 Å². The molecule has 174 valence electrons. The Labute approximate surface area is 195 Å². The van der Waals surface area contributed by atoms with Gasteiger partial charge in [0.05, 0.1) is 30.1 Å². The van der Waals surface area contributed by atoms with Gasteiger partial charge in [-0.3, -0.25) is 4.79 Å². The maximum absolute atomic E-state index is 13.5. The second kappa shape index (κ2) is 8.56. The van der Waals surface area contributed by atoms with Crippen molar-refractivity contribution < 1.29 is 22.7 Å². The van der Waals surface area contributed by atoms with Crippen molar-refractivity contribution in [1.82, 2.24) is 0 Å². The van der Waals surface area contributed by atoms with Gasteiger partial charge in [0, 0.05) is 17.7 Å². The lowest BCUT2D eigenvalue weighted by molar-refractivity contribution is -0.137. The van der Waals surface area contributed by atoms with Crippen molar-refractivity contribution in [3.05, 3.63) is 101 Å². The molecule has 2 unspecified atom stereocenters. The molecular weight excluding hydrogens is 441 g/mol. The quantitative estimate of drug-likeness (QED) is 0.453. The molecule has 1 aliphatic heterocycles. The van der Waals surface area contributed by atoms with Crippen LogP contribution in [0.5, 0.6) is 5.75 Å². The van der Waals surface area contributed by atoms with Crippen LogP contribution < -0.4 is 15.4 Å². The fourth-order valence-electron chi connectivity index (χ4n) is 4.75. The second-order valence-corrected chi connectivity index (χ2v) is 8.56. The Bertz CT molecular complexity index is 1270. The maximum Gasteiger partial charge on any atom is 0.416 e. The van der Waals surface area contributed by atoms with Gasteiger partial charge in [0.25, 0.3) is 0 Å². The number of hydrogen-bond donors (Lipinski definition) is 2. The van der Waals surface area contributed by atoms with E-state index in [0.717, 1.165) is 40.5 Å². The molecule has 2 aliphatic rings. The lowest BCUT2D eigenvalue weighted by Crippen LogP contribution is -2.27. The highest BCUT2D eigenvalue weighted by Crippen LogP contribution is 2.45. The summed E-state index contributed by atoms with van der Waals surface area (Å²) in [5.74, 6) is 0.607. The van der Waals surface area contributed by atoms with Crippen molar-refractivity contribution in [2.45, 2.75) is 31.0 Å². The van der Waals surface area contributed by atoms with E-state index in [1.165, 1.54) is 6.07 Å². The minimum Gasteiger partial charge on any atom is -0.497 e. The molecule has 0 aromatic heterocycles. The van der Waals surface area contributed by atoms with Crippen LogP contribution in [0.2, 0.25) is 0 Å². The number of carbonyl (C=O) groups excluding carboxylic acids is 1. The number of nitrogens with one attached hydrogen (secondary N) is 2. The Kier molecular flexibility index (Phi) is 5.55. The average molecular weight is 464 g/mol. The van der Waals surface area contributed by atoms with E-state index in [2.05, 4.69) is 10.6 Å². The van der Waals surface area contributed by atoms with Crippen LogP contribution in [-0.2, 0) is 11.0 Å². The highest BCUT2D eigenvalue weighted by atomic mass is 19.4. The molecule has 5 rings (SSSR count). The lowest BCUT2D eigenvalue weighted by Gasteiger charge is -2.30. The zero-order chi connectivity index (χ0) is 23.9. The number of ether oxygens (including phenoxy) is 1. The molecule has 0 saturated carbocycles. The molecule has 2 N–H and O–H groups in total. The second-order valence-electron chi connectivity index (χ2n) is 8.56. The Balaban J connectivity index is 1.59. The van der Waals surface area contributed by atoms with Gasteiger partial charge in [-0.1, -0.05) is 36.4 Å². The molecule has 1 heterocycles. The number of benzene rings is 3. The highest BCUT2D eigenvalue weighted by molar-refractivity contribution is 6.01. The van der Waals surface area contributed by atoms with Crippen LogP contribution in [0, 0.1) is 0 Å². The number of para-hydroxylation sites is 2. The van der Waals surface area contributed by atoms with Crippen molar-refractivity contribution in [2.24, 2.45) is 0 Å². The van der Waals surface area contributed by atoms with Crippen LogP contribution in [0.15, 0.2) is 84.1 Å². The Hall–Kier alpha value is -3.74. The molecule has 0 saturated heterocycles. The number of Topliss-reactive ketones (excluding diaryl/α,β-unsaturated/α-hetero) is 1. The average Bonchev–Trinajstić information content (AvgIpc) is 3.00. The van der Waals surface area contributed by atoms with Gasteiger partial charge < -0.3 is 15.4 Å². The molecule has 4 nitrogen and oxygen atoms in total. The van der Waals surface area contributed by atoms with Gasteiger partial charge in [-0.25, -0.2) is 0 Å². The SMILES string of the molecule is COc1ccc(C2CC(=O)C3=C(C2)Nc2ccccc2NC3c2cccc(C(F)(F)F)c2)cc1. The van der Waals surface area contributed by atoms with E-state index in [0.29, 0.717) is 17.6 Å². The number of allylic oxidation sites excluding steroid dienone is 1. The van der Waals surface area contributed by atoms with E-state index in [9.17, 15) is 18.0 Å².